The second-order valence-corrected chi connectivity index (χ2v) is 14.4. The molecule has 9 heteroatoms. The number of aryl methyl sites for hydroxylation is 2. The molecule has 3 aromatic carbocycles. The zero-order valence-electron chi connectivity index (χ0n) is 25.0. The van der Waals surface area contributed by atoms with Crippen molar-refractivity contribution >= 4 is 50.0 Å². The first-order valence-corrected chi connectivity index (χ1v) is 16.0. The maximum absolute atomic E-state index is 12.6. The molecule has 1 aliphatic carbocycles. The van der Waals surface area contributed by atoms with E-state index in [9.17, 15) is 9.90 Å². The van der Waals surface area contributed by atoms with Crippen LogP contribution in [-0.4, -0.2) is 55.5 Å². The van der Waals surface area contributed by atoms with Gasteiger partial charge in [-0.3, -0.25) is 9.58 Å². The summed E-state index contributed by atoms with van der Waals surface area (Å²) in [6, 6.07) is 16.0. The zero-order chi connectivity index (χ0) is 30.2. The van der Waals surface area contributed by atoms with Crippen LogP contribution < -0.4 is 0 Å². The standard InChI is InChI=1S/C34H35ClN4O3S/c1-18-14-25-31(28(19-6-9-22(35)10-7-19)27(18)30(33(40)41)42-23-11-12-23)43-32(36-25)20-8-13-26-24(15-20)29(37-38(26)5)21-16-39(17-21)34(2,3)4/h6-10,13-15,21,23,30H,11-12,16-17H2,1-5H3,(H,40,41)/t30-/m0/s1. The Morgan fingerprint density at radius 2 is 1.79 bits per heavy atom. The maximum Gasteiger partial charge on any atom is 0.337 e. The van der Waals surface area contributed by atoms with Crippen LogP contribution in [0.15, 0.2) is 48.5 Å². The molecule has 43 heavy (non-hydrogen) atoms. The number of carbonyl (C=O) groups is 1. The third kappa shape index (κ3) is 5.14. The number of aromatic nitrogens is 3. The van der Waals surface area contributed by atoms with Crippen molar-refractivity contribution < 1.29 is 14.6 Å². The molecule has 5 aromatic rings. The largest absolute Gasteiger partial charge is 0.479 e. The summed E-state index contributed by atoms with van der Waals surface area (Å²) in [5.41, 5.74) is 7.54. The summed E-state index contributed by atoms with van der Waals surface area (Å²) in [6.07, 6.45) is 0.704. The number of likely N-dealkylation sites (tertiary alicyclic amines) is 1. The molecule has 0 spiro atoms. The highest BCUT2D eigenvalue weighted by molar-refractivity contribution is 7.22. The zero-order valence-corrected chi connectivity index (χ0v) is 26.6. The summed E-state index contributed by atoms with van der Waals surface area (Å²) >= 11 is 7.84. The van der Waals surface area contributed by atoms with E-state index in [0.29, 0.717) is 16.5 Å². The van der Waals surface area contributed by atoms with E-state index in [1.807, 2.05) is 49.0 Å². The Hall–Kier alpha value is -3.30. The summed E-state index contributed by atoms with van der Waals surface area (Å²) in [7, 11) is 2.01. The molecule has 1 N–H and O–H groups in total. The second kappa shape index (κ2) is 10.4. The summed E-state index contributed by atoms with van der Waals surface area (Å²) in [5, 5.41) is 17.9. The third-order valence-electron chi connectivity index (χ3n) is 8.74. The van der Waals surface area contributed by atoms with Crippen molar-refractivity contribution in [2.24, 2.45) is 7.05 Å². The van der Waals surface area contributed by atoms with Gasteiger partial charge in [-0.15, -0.1) is 11.3 Å². The predicted octanol–water partition coefficient (Wildman–Crippen LogP) is 7.98. The minimum absolute atomic E-state index is 0.0159. The molecule has 1 atom stereocenters. The van der Waals surface area contributed by atoms with Crippen LogP contribution in [0.25, 0.3) is 42.8 Å². The minimum atomic E-state index is -1.06. The number of benzene rings is 3. The average molecular weight is 615 g/mol. The molecular weight excluding hydrogens is 580 g/mol. The van der Waals surface area contributed by atoms with E-state index in [1.165, 1.54) is 0 Å². The number of carboxylic acid groups (broad SMARTS) is 1. The highest BCUT2D eigenvalue weighted by Gasteiger charge is 2.38. The lowest BCUT2D eigenvalue weighted by atomic mass is 9.88. The smallest absolute Gasteiger partial charge is 0.337 e. The molecule has 3 heterocycles. The van der Waals surface area contributed by atoms with Crippen molar-refractivity contribution in [2.75, 3.05) is 13.1 Å². The Morgan fingerprint density at radius 3 is 2.44 bits per heavy atom. The summed E-state index contributed by atoms with van der Waals surface area (Å²) in [4.78, 5) is 20.2. The SMILES string of the molecule is Cc1cc2nc(-c3ccc4c(c3)c(C3CN(C(C)(C)C)C3)nn4C)sc2c(-c2ccc(Cl)cc2)c1[C@H](OC1CC1)C(=O)O. The van der Waals surface area contributed by atoms with E-state index < -0.39 is 12.1 Å². The number of hydrogen-bond acceptors (Lipinski definition) is 6. The van der Waals surface area contributed by atoms with Crippen LogP contribution in [0.2, 0.25) is 5.02 Å². The third-order valence-corrected chi connectivity index (χ3v) is 10.1. The molecule has 2 aromatic heterocycles. The molecule has 222 valence electrons. The second-order valence-electron chi connectivity index (χ2n) is 12.9. The van der Waals surface area contributed by atoms with E-state index in [1.54, 1.807) is 11.3 Å². The molecule has 0 radical (unpaired) electrons. The summed E-state index contributed by atoms with van der Waals surface area (Å²) in [6.45, 7) is 10.7. The van der Waals surface area contributed by atoms with Gasteiger partial charge in [-0.05, 0) is 88.1 Å². The molecule has 2 aliphatic rings. The molecule has 7 nitrogen and oxygen atoms in total. The topological polar surface area (TPSA) is 80.5 Å². The van der Waals surface area contributed by atoms with E-state index in [0.717, 1.165) is 80.0 Å². The number of nitrogens with zero attached hydrogens (tertiary/aromatic N) is 4. The molecule has 1 saturated carbocycles. The van der Waals surface area contributed by atoms with Gasteiger partial charge in [0.05, 0.1) is 27.5 Å². The van der Waals surface area contributed by atoms with Crippen molar-refractivity contribution in [3.8, 4) is 21.7 Å². The Labute approximate surface area is 260 Å². The first-order valence-electron chi connectivity index (χ1n) is 14.8. The molecule has 2 fully saturated rings. The van der Waals surface area contributed by atoms with Crippen LogP contribution in [0.1, 0.15) is 62.5 Å². The number of ether oxygens (including phenoxy) is 1. The van der Waals surface area contributed by atoms with Gasteiger partial charge in [-0.1, -0.05) is 23.7 Å². The lowest BCUT2D eigenvalue weighted by molar-refractivity contribution is -0.151. The van der Waals surface area contributed by atoms with E-state index in [4.69, 9.17) is 26.4 Å². The van der Waals surface area contributed by atoms with Gasteiger partial charge in [-0.25, -0.2) is 9.78 Å². The van der Waals surface area contributed by atoms with Gasteiger partial charge in [0.25, 0.3) is 0 Å². The van der Waals surface area contributed by atoms with Crippen molar-refractivity contribution in [1.29, 1.82) is 0 Å². The quantitative estimate of drug-likeness (QED) is 0.200. The van der Waals surface area contributed by atoms with E-state index in [-0.39, 0.29) is 11.6 Å². The van der Waals surface area contributed by atoms with Crippen LogP contribution in [0, 0.1) is 6.92 Å². The van der Waals surface area contributed by atoms with Gasteiger partial charge >= 0.3 is 5.97 Å². The monoisotopic (exact) mass is 614 g/mol. The number of thiazole rings is 1. The van der Waals surface area contributed by atoms with Gasteiger partial charge in [0.2, 0.25) is 0 Å². The molecule has 0 unspecified atom stereocenters. The summed E-state index contributed by atoms with van der Waals surface area (Å²) < 4.78 is 9.01. The Balaban J connectivity index is 1.36. The minimum Gasteiger partial charge on any atom is -0.479 e. The van der Waals surface area contributed by atoms with Crippen LogP contribution in [0.4, 0.5) is 0 Å². The number of rotatable bonds is 7. The highest BCUT2D eigenvalue weighted by Crippen LogP contribution is 2.45. The fourth-order valence-corrected chi connectivity index (χ4v) is 7.40. The number of aliphatic carboxylic acids is 1. The van der Waals surface area contributed by atoms with E-state index in [2.05, 4.69) is 43.9 Å². The van der Waals surface area contributed by atoms with E-state index >= 15 is 0 Å². The Kier molecular flexibility index (Phi) is 6.89. The molecule has 7 rings (SSSR count). The average Bonchev–Trinajstić information content (AvgIpc) is 3.56. The van der Waals surface area contributed by atoms with Crippen molar-refractivity contribution in [2.45, 2.75) is 64.2 Å². The number of carboxylic acids is 1. The van der Waals surface area contributed by atoms with Crippen molar-refractivity contribution in [1.82, 2.24) is 19.7 Å². The number of fused-ring (bicyclic) bond motifs is 2. The van der Waals surface area contributed by atoms with Gasteiger partial charge in [0, 0.05) is 58.7 Å². The maximum atomic E-state index is 12.6. The molecule has 1 aliphatic heterocycles. The molecular formula is C34H35ClN4O3S. The first-order chi connectivity index (χ1) is 20.5. The highest BCUT2D eigenvalue weighted by atomic mass is 35.5. The van der Waals surface area contributed by atoms with Crippen LogP contribution >= 0.6 is 22.9 Å². The van der Waals surface area contributed by atoms with Gasteiger partial charge in [-0.2, -0.15) is 5.10 Å². The lowest BCUT2D eigenvalue weighted by Crippen LogP contribution is -2.54. The predicted molar refractivity (Wildman–Crippen MR) is 173 cm³/mol. The van der Waals surface area contributed by atoms with Gasteiger partial charge < -0.3 is 9.84 Å². The lowest BCUT2D eigenvalue weighted by Gasteiger charge is -2.47. The molecule has 1 saturated heterocycles. The fourth-order valence-electron chi connectivity index (χ4n) is 6.15. The van der Waals surface area contributed by atoms with Crippen molar-refractivity contribution in [3.63, 3.8) is 0 Å². The number of hydrogen-bond donors (Lipinski definition) is 1. The van der Waals surface area contributed by atoms with Crippen LogP contribution in [-0.2, 0) is 16.6 Å². The fraction of sp³-hybridized carbons (Fsp3) is 0.382. The van der Waals surface area contributed by atoms with Crippen LogP contribution in [0.5, 0.6) is 0 Å². The van der Waals surface area contributed by atoms with Gasteiger partial charge in [0.15, 0.2) is 6.10 Å². The van der Waals surface area contributed by atoms with Crippen LogP contribution in [0.3, 0.4) is 0 Å². The van der Waals surface area contributed by atoms with Gasteiger partial charge in [0.1, 0.15) is 5.01 Å². The first kappa shape index (κ1) is 28.5. The number of halogens is 1. The molecule has 0 amide bonds. The van der Waals surface area contributed by atoms with Crippen molar-refractivity contribution in [3.05, 3.63) is 70.4 Å². The molecule has 0 bridgehead atoms. The normalized spacial score (nSPS) is 17.1. The summed E-state index contributed by atoms with van der Waals surface area (Å²) in [5.74, 6) is -0.584. The Morgan fingerprint density at radius 1 is 1.09 bits per heavy atom. The Bertz CT molecular complexity index is 1880.